The molecule has 1 N–H and O–H groups in total. The number of halogens is 1. The Bertz CT molecular complexity index is 812. The van der Waals surface area contributed by atoms with Gasteiger partial charge in [-0.05, 0) is 36.8 Å². The number of nitrogens with zero attached hydrogens (tertiary/aromatic N) is 1. The van der Waals surface area contributed by atoms with Gasteiger partial charge in [-0.1, -0.05) is 35.9 Å². The summed E-state index contributed by atoms with van der Waals surface area (Å²) >= 11 is 5.84. The van der Waals surface area contributed by atoms with Gasteiger partial charge in [0.1, 0.15) is 5.78 Å². The minimum absolute atomic E-state index is 0.175. The van der Waals surface area contributed by atoms with Crippen LogP contribution in [0.1, 0.15) is 39.3 Å². The minimum atomic E-state index is -1.14. The van der Waals surface area contributed by atoms with Crippen LogP contribution in [0.4, 0.5) is 0 Å². The predicted octanol–water partition coefficient (Wildman–Crippen LogP) is 2.87. The second-order valence-electron chi connectivity index (χ2n) is 5.98. The minimum Gasteiger partial charge on any atom is -0.388 e. The third-order valence-electron chi connectivity index (χ3n) is 4.37. The van der Waals surface area contributed by atoms with Crippen LogP contribution in [0.15, 0.2) is 48.5 Å². The lowest BCUT2D eigenvalue weighted by molar-refractivity contribution is -0.124. The van der Waals surface area contributed by atoms with Crippen molar-refractivity contribution < 1.29 is 19.5 Å². The molecule has 0 fully saturated rings. The Hall–Kier alpha value is -2.50. The van der Waals surface area contributed by atoms with Crippen LogP contribution in [-0.2, 0) is 4.79 Å². The van der Waals surface area contributed by atoms with Crippen LogP contribution in [0.2, 0.25) is 5.02 Å². The van der Waals surface area contributed by atoms with Gasteiger partial charge in [-0.3, -0.25) is 19.3 Å². The molecule has 2 amide bonds. The Labute approximate surface area is 149 Å². The van der Waals surface area contributed by atoms with E-state index in [-0.39, 0.29) is 12.3 Å². The molecule has 0 aliphatic carbocycles. The number of hydrogen-bond acceptors (Lipinski definition) is 4. The van der Waals surface area contributed by atoms with E-state index in [0.29, 0.717) is 21.7 Å². The van der Waals surface area contributed by atoms with E-state index < -0.39 is 23.8 Å². The van der Waals surface area contributed by atoms with Gasteiger partial charge in [0.05, 0.1) is 23.1 Å². The third-order valence-corrected chi connectivity index (χ3v) is 4.62. The molecule has 0 spiro atoms. The molecule has 1 heterocycles. The first-order valence-electron chi connectivity index (χ1n) is 7.79. The fourth-order valence-corrected chi connectivity index (χ4v) is 3.07. The van der Waals surface area contributed by atoms with Gasteiger partial charge >= 0.3 is 0 Å². The van der Waals surface area contributed by atoms with Crippen molar-refractivity contribution in [3.8, 4) is 0 Å². The van der Waals surface area contributed by atoms with Crippen molar-refractivity contribution in [2.45, 2.75) is 13.0 Å². The lowest BCUT2D eigenvalue weighted by Crippen LogP contribution is -2.39. The van der Waals surface area contributed by atoms with E-state index in [9.17, 15) is 19.5 Å². The number of benzene rings is 2. The number of rotatable bonds is 5. The summed E-state index contributed by atoms with van der Waals surface area (Å²) in [6, 6.07) is 13.0. The summed E-state index contributed by atoms with van der Waals surface area (Å²) in [5.41, 5.74) is 1.13. The molecule has 2 aromatic rings. The molecule has 0 saturated heterocycles. The van der Waals surface area contributed by atoms with Crippen molar-refractivity contribution >= 4 is 29.2 Å². The zero-order valence-corrected chi connectivity index (χ0v) is 14.2. The number of fused-ring (bicyclic) bond motifs is 1. The van der Waals surface area contributed by atoms with Crippen LogP contribution in [-0.4, -0.2) is 34.1 Å². The summed E-state index contributed by atoms with van der Waals surface area (Å²) in [6.45, 7) is 1.16. The van der Waals surface area contributed by atoms with Crippen molar-refractivity contribution in [2.75, 3.05) is 6.54 Å². The molecule has 2 unspecified atom stereocenters. The molecule has 5 nitrogen and oxygen atoms in total. The summed E-state index contributed by atoms with van der Waals surface area (Å²) < 4.78 is 0. The molecule has 6 heteroatoms. The number of carbonyl (C=O) groups is 3. The molecule has 25 heavy (non-hydrogen) atoms. The van der Waals surface area contributed by atoms with Gasteiger partial charge in [0.25, 0.3) is 11.8 Å². The molecule has 0 radical (unpaired) electrons. The number of imide groups is 1. The van der Waals surface area contributed by atoms with Gasteiger partial charge in [-0.2, -0.15) is 0 Å². The smallest absolute Gasteiger partial charge is 0.261 e. The molecule has 128 valence electrons. The first-order chi connectivity index (χ1) is 11.9. The standard InChI is InChI=1S/C19H16ClNO4/c1-11(22)16(17(23)12-6-8-13(20)9-7-12)10-21-18(24)14-4-2-3-5-15(14)19(21)25/h2-9,16-17,23H,10H2,1H3. The van der Waals surface area contributed by atoms with Gasteiger partial charge < -0.3 is 5.11 Å². The van der Waals surface area contributed by atoms with Crippen LogP contribution in [0, 0.1) is 5.92 Å². The quantitative estimate of drug-likeness (QED) is 0.835. The lowest BCUT2D eigenvalue weighted by Gasteiger charge is -2.25. The Morgan fingerprint density at radius 1 is 1.04 bits per heavy atom. The Balaban J connectivity index is 1.86. The van der Waals surface area contributed by atoms with E-state index in [0.717, 1.165) is 4.90 Å². The van der Waals surface area contributed by atoms with Crippen LogP contribution in [0.25, 0.3) is 0 Å². The van der Waals surface area contributed by atoms with Crippen molar-refractivity contribution in [3.05, 3.63) is 70.2 Å². The summed E-state index contributed by atoms with van der Waals surface area (Å²) in [5.74, 6) is -2.12. The number of Topliss-reactive ketones (excluding diaryl/α,β-unsaturated/α-hetero) is 1. The monoisotopic (exact) mass is 357 g/mol. The number of ketones is 1. The van der Waals surface area contributed by atoms with Crippen molar-refractivity contribution in [3.63, 3.8) is 0 Å². The second-order valence-corrected chi connectivity index (χ2v) is 6.42. The average molecular weight is 358 g/mol. The van der Waals surface area contributed by atoms with Crippen LogP contribution >= 0.6 is 11.6 Å². The van der Waals surface area contributed by atoms with Crippen molar-refractivity contribution in [1.82, 2.24) is 4.90 Å². The number of carbonyl (C=O) groups excluding carboxylic acids is 3. The number of hydrogen-bond donors (Lipinski definition) is 1. The van der Waals surface area contributed by atoms with Gasteiger partial charge in [-0.15, -0.1) is 0 Å². The molecule has 0 saturated carbocycles. The maximum atomic E-state index is 12.5. The fourth-order valence-electron chi connectivity index (χ4n) is 2.94. The molecule has 0 bridgehead atoms. The molecular formula is C19H16ClNO4. The SMILES string of the molecule is CC(=O)C(CN1C(=O)c2ccccc2C1=O)C(O)c1ccc(Cl)cc1. The first kappa shape index (κ1) is 17.3. The van der Waals surface area contributed by atoms with Crippen LogP contribution < -0.4 is 0 Å². The topological polar surface area (TPSA) is 74.7 Å². The van der Waals surface area contributed by atoms with E-state index >= 15 is 0 Å². The maximum absolute atomic E-state index is 12.5. The highest BCUT2D eigenvalue weighted by Gasteiger charge is 2.39. The normalized spacial score (nSPS) is 15.9. The zero-order valence-electron chi connectivity index (χ0n) is 13.5. The Morgan fingerprint density at radius 2 is 1.56 bits per heavy atom. The van der Waals surface area contributed by atoms with E-state index in [1.807, 2.05) is 0 Å². The van der Waals surface area contributed by atoms with Gasteiger partial charge in [-0.25, -0.2) is 0 Å². The Morgan fingerprint density at radius 3 is 2.04 bits per heavy atom. The van der Waals surface area contributed by atoms with Crippen molar-refractivity contribution in [2.24, 2.45) is 5.92 Å². The summed E-state index contributed by atoms with van der Waals surface area (Å²) in [7, 11) is 0. The predicted molar refractivity (Wildman–Crippen MR) is 92.4 cm³/mol. The number of amides is 2. The van der Waals surface area contributed by atoms with Gasteiger partial charge in [0.15, 0.2) is 0 Å². The molecule has 1 aliphatic heterocycles. The molecule has 2 atom stereocenters. The average Bonchev–Trinajstić information content (AvgIpc) is 2.84. The van der Waals surface area contributed by atoms with Gasteiger partial charge in [0.2, 0.25) is 0 Å². The highest BCUT2D eigenvalue weighted by atomic mass is 35.5. The molecule has 3 rings (SSSR count). The summed E-state index contributed by atoms with van der Waals surface area (Å²) in [4.78, 5) is 38.0. The van der Waals surface area contributed by atoms with E-state index in [1.54, 1.807) is 48.5 Å². The number of aliphatic hydroxyl groups is 1. The highest BCUT2D eigenvalue weighted by Crippen LogP contribution is 2.29. The fraction of sp³-hybridized carbons (Fsp3) is 0.211. The van der Waals surface area contributed by atoms with Crippen molar-refractivity contribution in [1.29, 1.82) is 0 Å². The van der Waals surface area contributed by atoms with Gasteiger partial charge in [0, 0.05) is 11.6 Å². The first-order valence-corrected chi connectivity index (χ1v) is 8.17. The van der Waals surface area contributed by atoms with Crippen LogP contribution in [0.5, 0.6) is 0 Å². The third kappa shape index (κ3) is 3.21. The number of aliphatic hydroxyl groups excluding tert-OH is 1. The molecule has 0 aromatic heterocycles. The molecular weight excluding hydrogens is 342 g/mol. The van der Waals surface area contributed by atoms with E-state index in [1.165, 1.54) is 6.92 Å². The largest absolute Gasteiger partial charge is 0.388 e. The Kier molecular flexibility index (Phi) is 4.70. The maximum Gasteiger partial charge on any atom is 0.261 e. The van der Waals surface area contributed by atoms with E-state index in [2.05, 4.69) is 0 Å². The zero-order chi connectivity index (χ0) is 18.1. The molecule has 2 aromatic carbocycles. The second kappa shape index (κ2) is 6.78. The molecule has 1 aliphatic rings. The summed E-state index contributed by atoms with van der Waals surface area (Å²) in [6.07, 6.45) is -1.14. The van der Waals surface area contributed by atoms with Crippen LogP contribution in [0.3, 0.4) is 0 Å². The lowest BCUT2D eigenvalue weighted by atomic mass is 9.92. The summed E-state index contributed by atoms with van der Waals surface area (Å²) in [5, 5.41) is 11.1. The highest BCUT2D eigenvalue weighted by molar-refractivity contribution is 6.30. The van der Waals surface area contributed by atoms with E-state index in [4.69, 9.17) is 11.6 Å².